The van der Waals surface area contributed by atoms with E-state index in [1.807, 2.05) is 30.3 Å². The number of carbonyl (C=O) groups excluding carboxylic acids is 1. The topological polar surface area (TPSA) is 115 Å². The van der Waals surface area contributed by atoms with Crippen molar-refractivity contribution >= 4 is 5.97 Å². The molecule has 0 aliphatic carbocycles. The van der Waals surface area contributed by atoms with Crippen molar-refractivity contribution in [3.63, 3.8) is 0 Å². The number of hydrogen-bond donors (Lipinski definition) is 3. The first kappa shape index (κ1) is 22.9. The fraction of sp³-hybridized carbons (Fsp3) is 0.348. The Morgan fingerprint density at radius 1 is 1.06 bits per heavy atom. The Morgan fingerprint density at radius 3 is 2.42 bits per heavy atom. The molecule has 2 aromatic rings. The maximum Gasteiger partial charge on any atom is 0.338 e. The molecule has 1 fully saturated rings. The van der Waals surface area contributed by atoms with Crippen LogP contribution in [0.5, 0.6) is 5.75 Å². The van der Waals surface area contributed by atoms with Crippen molar-refractivity contribution in [3.05, 3.63) is 78.4 Å². The van der Waals surface area contributed by atoms with Crippen molar-refractivity contribution in [2.24, 2.45) is 0 Å². The van der Waals surface area contributed by atoms with E-state index in [1.165, 1.54) is 18.2 Å². The highest BCUT2D eigenvalue weighted by Gasteiger charge is 2.47. The molecule has 8 heteroatoms. The molecular weight excluding hydrogens is 404 g/mol. The van der Waals surface area contributed by atoms with Crippen LogP contribution in [0.3, 0.4) is 0 Å². The highest BCUT2D eigenvalue weighted by molar-refractivity contribution is 5.89. The lowest BCUT2D eigenvalue weighted by Crippen LogP contribution is -2.60. The quantitative estimate of drug-likeness (QED) is 0.404. The van der Waals surface area contributed by atoms with Crippen LogP contribution in [0.15, 0.2) is 67.3 Å². The predicted octanol–water partition coefficient (Wildman–Crippen LogP) is 1.43. The Balaban J connectivity index is 1.60. The van der Waals surface area contributed by atoms with Gasteiger partial charge in [0.25, 0.3) is 0 Å². The molecule has 0 aromatic heterocycles. The first-order chi connectivity index (χ1) is 15.0. The van der Waals surface area contributed by atoms with Gasteiger partial charge in [-0.25, -0.2) is 4.79 Å². The largest absolute Gasteiger partial charge is 0.489 e. The van der Waals surface area contributed by atoms with E-state index in [0.29, 0.717) is 12.4 Å². The molecular formula is C23H26O8. The van der Waals surface area contributed by atoms with Crippen LogP contribution in [0.1, 0.15) is 15.9 Å². The Kier molecular flexibility index (Phi) is 8.16. The summed E-state index contributed by atoms with van der Waals surface area (Å²) in [6.45, 7) is 3.43. The van der Waals surface area contributed by atoms with E-state index in [1.54, 1.807) is 12.1 Å². The number of hydrogen-bond acceptors (Lipinski definition) is 8. The molecule has 31 heavy (non-hydrogen) atoms. The monoisotopic (exact) mass is 430 g/mol. The molecule has 0 spiro atoms. The average Bonchev–Trinajstić information content (AvgIpc) is 2.81. The van der Waals surface area contributed by atoms with Gasteiger partial charge in [0.2, 0.25) is 0 Å². The van der Waals surface area contributed by atoms with E-state index in [4.69, 9.17) is 18.9 Å². The van der Waals surface area contributed by atoms with Gasteiger partial charge in [-0.1, -0.05) is 36.4 Å². The minimum atomic E-state index is -1.50. The van der Waals surface area contributed by atoms with Gasteiger partial charge in [-0.05, 0) is 29.8 Å². The third-order valence-electron chi connectivity index (χ3n) is 4.78. The molecule has 5 atom stereocenters. The molecule has 0 radical (unpaired) electrons. The zero-order valence-electron chi connectivity index (χ0n) is 16.9. The first-order valence-corrected chi connectivity index (χ1v) is 9.86. The molecule has 166 valence electrons. The summed E-state index contributed by atoms with van der Waals surface area (Å²) in [7, 11) is 0. The molecule has 0 saturated carbocycles. The maximum absolute atomic E-state index is 12.5. The van der Waals surface area contributed by atoms with Crippen molar-refractivity contribution in [1.82, 2.24) is 0 Å². The Bertz CT molecular complexity index is 836. The van der Waals surface area contributed by atoms with Crippen molar-refractivity contribution in [3.8, 4) is 5.75 Å². The zero-order valence-corrected chi connectivity index (χ0v) is 16.9. The summed E-state index contributed by atoms with van der Waals surface area (Å²) in [6, 6.07) is 16.0. The first-order valence-electron chi connectivity index (χ1n) is 9.86. The van der Waals surface area contributed by atoms with Gasteiger partial charge in [0.15, 0.2) is 12.4 Å². The van der Waals surface area contributed by atoms with E-state index in [2.05, 4.69) is 6.58 Å². The van der Waals surface area contributed by atoms with Gasteiger partial charge in [0.1, 0.15) is 30.7 Å². The van der Waals surface area contributed by atoms with E-state index in [-0.39, 0.29) is 12.2 Å². The molecule has 3 N–H and O–H groups in total. The fourth-order valence-electron chi connectivity index (χ4n) is 3.12. The van der Waals surface area contributed by atoms with Crippen LogP contribution in [0.2, 0.25) is 0 Å². The van der Waals surface area contributed by atoms with E-state index in [9.17, 15) is 20.1 Å². The molecule has 3 rings (SSSR count). The molecule has 1 aliphatic rings. The van der Waals surface area contributed by atoms with E-state index in [0.717, 1.165) is 5.56 Å². The van der Waals surface area contributed by atoms with Gasteiger partial charge in [-0.2, -0.15) is 0 Å². The summed E-state index contributed by atoms with van der Waals surface area (Å²) in [5, 5.41) is 30.2. The predicted molar refractivity (Wildman–Crippen MR) is 110 cm³/mol. The molecule has 8 nitrogen and oxygen atoms in total. The fourth-order valence-corrected chi connectivity index (χ4v) is 3.12. The van der Waals surface area contributed by atoms with Gasteiger partial charge >= 0.3 is 5.97 Å². The number of carbonyl (C=O) groups is 1. The highest BCUT2D eigenvalue weighted by Crippen LogP contribution is 2.25. The second kappa shape index (κ2) is 11.0. The number of ether oxygens (including phenoxy) is 4. The van der Waals surface area contributed by atoms with Crippen LogP contribution in [0.4, 0.5) is 0 Å². The number of esters is 1. The summed E-state index contributed by atoms with van der Waals surface area (Å²) in [5.41, 5.74) is 1.23. The SMILES string of the molecule is C=CCO[C@@H]1O[C@H](CO)[C@@H](OC(=O)c2ccc(OCc3ccccc3)cc2)[C@H](O)[C@H]1O. The van der Waals surface area contributed by atoms with Crippen LogP contribution < -0.4 is 4.74 Å². The number of benzene rings is 2. The normalized spacial score (nSPS) is 25.6. The smallest absolute Gasteiger partial charge is 0.338 e. The number of aliphatic hydroxyl groups excluding tert-OH is 3. The summed E-state index contributed by atoms with van der Waals surface area (Å²) < 4.78 is 21.7. The molecule has 0 amide bonds. The molecule has 2 aromatic carbocycles. The summed E-state index contributed by atoms with van der Waals surface area (Å²) in [4.78, 5) is 12.5. The van der Waals surface area contributed by atoms with Crippen molar-refractivity contribution in [2.45, 2.75) is 37.3 Å². The molecule has 1 heterocycles. The van der Waals surface area contributed by atoms with Gasteiger partial charge in [0, 0.05) is 0 Å². The Labute approximate surface area is 180 Å². The summed E-state index contributed by atoms with van der Waals surface area (Å²) in [5.74, 6) is -0.161. The summed E-state index contributed by atoms with van der Waals surface area (Å²) in [6.07, 6.45) is -5.03. The molecule has 1 saturated heterocycles. The number of aliphatic hydroxyl groups is 3. The third-order valence-corrected chi connectivity index (χ3v) is 4.78. The Hall–Kier alpha value is -2.75. The second-order valence-corrected chi connectivity index (χ2v) is 7.00. The van der Waals surface area contributed by atoms with Crippen LogP contribution >= 0.6 is 0 Å². The van der Waals surface area contributed by atoms with Crippen molar-refractivity contribution in [1.29, 1.82) is 0 Å². The summed E-state index contributed by atoms with van der Waals surface area (Å²) >= 11 is 0. The van der Waals surface area contributed by atoms with Gasteiger partial charge < -0.3 is 34.3 Å². The third kappa shape index (κ3) is 5.90. The Morgan fingerprint density at radius 2 is 1.77 bits per heavy atom. The lowest BCUT2D eigenvalue weighted by molar-refractivity contribution is -0.297. The maximum atomic E-state index is 12.5. The van der Waals surface area contributed by atoms with E-state index < -0.39 is 43.3 Å². The van der Waals surface area contributed by atoms with Crippen LogP contribution in [0, 0.1) is 0 Å². The van der Waals surface area contributed by atoms with E-state index >= 15 is 0 Å². The highest BCUT2D eigenvalue weighted by atomic mass is 16.7. The minimum absolute atomic E-state index is 0.0791. The standard InChI is InChI=1S/C23H26O8/c1-2-12-28-23-20(26)19(25)21(18(13-24)30-23)31-22(27)16-8-10-17(11-9-16)29-14-15-6-4-3-5-7-15/h2-11,18-21,23-26H,1,12-14H2/t18-,19-,20-,21-,23-/m1/s1. The minimum Gasteiger partial charge on any atom is -0.489 e. The zero-order chi connectivity index (χ0) is 22.2. The average molecular weight is 430 g/mol. The number of rotatable bonds is 9. The van der Waals surface area contributed by atoms with Crippen molar-refractivity contribution < 1.29 is 39.1 Å². The van der Waals surface area contributed by atoms with Gasteiger partial charge in [-0.15, -0.1) is 6.58 Å². The van der Waals surface area contributed by atoms with Gasteiger partial charge in [0.05, 0.1) is 18.8 Å². The lowest BCUT2D eigenvalue weighted by Gasteiger charge is -2.41. The van der Waals surface area contributed by atoms with Gasteiger partial charge in [-0.3, -0.25) is 0 Å². The molecule has 0 unspecified atom stereocenters. The van der Waals surface area contributed by atoms with Crippen LogP contribution in [-0.2, 0) is 20.8 Å². The lowest BCUT2D eigenvalue weighted by atomic mass is 9.99. The van der Waals surface area contributed by atoms with Crippen LogP contribution in [0.25, 0.3) is 0 Å². The van der Waals surface area contributed by atoms with Crippen molar-refractivity contribution in [2.75, 3.05) is 13.2 Å². The van der Waals surface area contributed by atoms with Crippen LogP contribution in [-0.4, -0.2) is 65.2 Å². The molecule has 0 bridgehead atoms. The second-order valence-electron chi connectivity index (χ2n) is 7.00. The molecule has 1 aliphatic heterocycles.